The van der Waals surface area contributed by atoms with Gasteiger partial charge in [0.1, 0.15) is 5.60 Å². The van der Waals surface area contributed by atoms with Gasteiger partial charge in [0, 0.05) is 6.20 Å². The maximum absolute atomic E-state index is 10.6. The van der Waals surface area contributed by atoms with Crippen molar-refractivity contribution in [3.8, 4) is 0 Å². The molecule has 1 aromatic rings. The van der Waals surface area contributed by atoms with Crippen molar-refractivity contribution in [3.63, 3.8) is 0 Å². The number of aliphatic hydroxyl groups is 1. The van der Waals surface area contributed by atoms with Crippen LogP contribution in [-0.4, -0.2) is 10.1 Å². The minimum Gasteiger partial charge on any atom is -0.384 e. The fourth-order valence-electron chi connectivity index (χ4n) is 2.25. The molecule has 0 aromatic carbocycles. The van der Waals surface area contributed by atoms with E-state index in [0.717, 1.165) is 36.5 Å². The first kappa shape index (κ1) is 10.9. The quantitative estimate of drug-likeness (QED) is 0.723. The van der Waals surface area contributed by atoms with Crippen LogP contribution in [-0.2, 0) is 5.60 Å². The van der Waals surface area contributed by atoms with Gasteiger partial charge in [0.2, 0.25) is 0 Å². The molecule has 0 bridgehead atoms. The van der Waals surface area contributed by atoms with Gasteiger partial charge < -0.3 is 10.8 Å². The zero-order valence-corrected chi connectivity index (χ0v) is 9.89. The third-order valence-electron chi connectivity index (χ3n) is 3.32. The first-order chi connectivity index (χ1) is 7.10. The SMILES string of the molecule is CC1CCCC(O)(c2cnc(N)s2)CC1. The van der Waals surface area contributed by atoms with Crippen molar-refractivity contribution in [1.29, 1.82) is 0 Å². The molecule has 2 unspecified atom stereocenters. The smallest absolute Gasteiger partial charge is 0.180 e. The number of hydrogen-bond donors (Lipinski definition) is 2. The topological polar surface area (TPSA) is 59.1 Å². The molecule has 84 valence electrons. The van der Waals surface area contributed by atoms with Gasteiger partial charge in [-0.25, -0.2) is 4.98 Å². The van der Waals surface area contributed by atoms with Crippen LogP contribution in [0.4, 0.5) is 5.13 Å². The Bertz CT molecular complexity index is 339. The molecule has 0 saturated heterocycles. The molecule has 1 aromatic heterocycles. The number of anilines is 1. The summed E-state index contributed by atoms with van der Waals surface area (Å²) in [4.78, 5) is 4.96. The summed E-state index contributed by atoms with van der Waals surface area (Å²) in [6, 6.07) is 0. The van der Waals surface area contributed by atoms with Gasteiger partial charge in [-0.1, -0.05) is 24.7 Å². The summed E-state index contributed by atoms with van der Waals surface area (Å²) in [5.74, 6) is 0.726. The van der Waals surface area contributed by atoms with Crippen molar-refractivity contribution in [2.75, 3.05) is 5.73 Å². The molecule has 1 heterocycles. The largest absolute Gasteiger partial charge is 0.384 e. The molecule has 0 spiro atoms. The van der Waals surface area contributed by atoms with Crippen molar-refractivity contribution < 1.29 is 5.11 Å². The summed E-state index contributed by atoms with van der Waals surface area (Å²) in [5.41, 5.74) is 4.94. The lowest BCUT2D eigenvalue weighted by Gasteiger charge is -2.24. The Morgan fingerprint density at radius 1 is 1.53 bits per heavy atom. The van der Waals surface area contributed by atoms with Gasteiger partial charge in [0.15, 0.2) is 5.13 Å². The Hall–Kier alpha value is -0.610. The van der Waals surface area contributed by atoms with Crippen LogP contribution in [0, 0.1) is 5.92 Å². The molecule has 0 radical (unpaired) electrons. The van der Waals surface area contributed by atoms with Gasteiger partial charge in [-0.3, -0.25) is 0 Å². The van der Waals surface area contributed by atoms with Crippen LogP contribution in [0.5, 0.6) is 0 Å². The highest BCUT2D eigenvalue weighted by Crippen LogP contribution is 2.40. The highest BCUT2D eigenvalue weighted by atomic mass is 32.1. The van der Waals surface area contributed by atoms with Gasteiger partial charge in [0.05, 0.1) is 4.88 Å². The van der Waals surface area contributed by atoms with E-state index in [1.807, 2.05) is 0 Å². The van der Waals surface area contributed by atoms with E-state index in [1.165, 1.54) is 17.8 Å². The third kappa shape index (κ3) is 2.32. The summed E-state index contributed by atoms with van der Waals surface area (Å²) < 4.78 is 0. The zero-order valence-electron chi connectivity index (χ0n) is 9.07. The molecule has 3 nitrogen and oxygen atoms in total. The number of hydrogen-bond acceptors (Lipinski definition) is 4. The maximum atomic E-state index is 10.6. The molecule has 4 heteroatoms. The van der Waals surface area contributed by atoms with Crippen LogP contribution in [0.3, 0.4) is 0 Å². The maximum Gasteiger partial charge on any atom is 0.180 e. The van der Waals surface area contributed by atoms with Crippen molar-refractivity contribution in [1.82, 2.24) is 4.98 Å². The lowest BCUT2D eigenvalue weighted by Crippen LogP contribution is -2.23. The molecule has 0 aliphatic heterocycles. The Labute approximate surface area is 94.3 Å². The molecule has 2 atom stereocenters. The van der Waals surface area contributed by atoms with Crippen molar-refractivity contribution >= 4 is 16.5 Å². The molecule has 3 N–H and O–H groups in total. The Morgan fingerprint density at radius 2 is 2.33 bits per heavy atom. The second-order valence-corrected chi connectivity index (χ2v) is 5.69. The average Bonchev–Trinajstić information content (AvgIpc) is 2.55. The second-order valence-electron chi connectivity index (χ2n) is 4.63. The fourth-order valence-corrected chi connectivity index (χ4v) is 3.08. The third-order valence-corrected chi connectivity index (χ3v) is 4.34. The Kier molecular flexibility index (Phi) is 2.98. The van der Waals surface area contributed by atoms with Gasteiger partial charge in [-0.2, -0.15) is 0 Å². The van der Waals surface area contributed by atoms with Gasteiger partial charge >= 0.3 is 0 Å². The summed E-state index contributed by atoms with van der Waals surface area (Å²) in [5, 5.41) is 11.1. The molecule has 1 aliphatic rings. The highest BCUT2D eigenvalue weighted by Gasteiger charge is 2.33. The summed E-state index contributed by atoms with van der Waals surface area (Å²) in [6.45, 7) is 2.26. The molecular weight excluding hydrogens is 208 g/mol. The summed E-state index contributed by atoms with van der Waals surface area (Å²) >= 11 is 1.42. The van der Waals surface area contributed by atoms with E-state index >= 15 is 0 Å². The van der Waals surface area contributed by atoms with E-state index in [2.05, 4.69) is 11.9 Å². The first-order valence-corrected chi connectivity index (χ1v) is 6.36. The highest BCUT2D eigenvalue weighted by molar-refractivity contribution is 7.15. The minimum absolute atomic E-state index is 0.552. The predicted molar refractivity (Wildman–Crippen MR) is 62.7 cm³/mol. The number of nitrogens with two attached hydrogens (primary N) is 1. The lowest BCUT2D eigenvalue weighted by molar-refractivity contribution is 0.0233. The number of aromatic nitrogens is 1. The van der Waals surface area contributed by atoms with Crippen LogP contribution in [0.1, 0.15) is 43.9 Å². The van der Waals surface area contributed by atoms with E-state index in [9.17, 15) is 5.11 Å². The average molecular weight is 226 g/mol. The molecule has 1 saturated carbocycles. The number of rotatable bonds is 1. The van der Waals surface area contributed by atoms with E-state index in [-0.39, 0.29) is 0 Å². The van der Waals surface area contributed by atoms with Crippen LogP contribution >= 0.6 is 11.3 Å². The van der Waals surface area contributed by atoms with Crippen LogP contribution in [0.15, 0.2) is 6.20 Å². The number of thiazole rings is 1. The van der Waals surface area contributed by atoms with Gasteiger partial charge in [-0.15, -0.1) is 0 Å². The molecule has 2 rings (SSSR count). The molecule has 15 heavy (non-hydrogen) atoms. The molecule has 1 fully saturated rings. The standard InChI is InChI=1S/C11H18N2OS/c1-8-3-2-5-11(14,6-4-8)9-7-13-10(12)15-9/h7-8,14H,2-6H2,1H3,(H2,12,13). The van der Waals surface area contributed by atoms with E-state index in [4.69, 9.17) is 5.73 Å². The first-order valence-electron chi connectivity index (χ1n) is 5.54. The van der Waals surface area contributed by atoms with Crippen molar-refractivity contribution in [3.05, 3.63) is 11.1 Å². The molecular formula is C11H18N2OS. The Morgan fingerprint density at radius 3 is 3.00 bits per heavy atom. The van der Waals surface area contributed by atoms with Crippen LogP contribution in [0.25, 0.3) is 0 Å². The van der Waals surface area contributed by atoms with Gasteiger partial charge in [-0.05, 0) is 31.6 Å². The zero-order chi connectivity index (χ0) is 10.9. The van der Waals surface area contributed by atoms with E-state index < -0.39 is 5.60 Å². The number of nitrogens with zero attached hydrogens (tertiary/aromatic N) is 1. The normalized spacial score (nSPS) is 32.5. The molecule has 1 aliphatic carbocycles. The fraction of sp³-hybridized carbons (Fsp3) is 0.727. The van der Waals surface area contributed by atoms with Crippen LogP contribution < -0.4 is 5.73 Å². The van der Waals surface area contributed by atoms with Crippen molar-refractivity contribution in [2.24, 2.45) is 5.92 Å². The Balaban J connectivity index is 2.18. The lowest BCUT2D eigenvalue weighted by atomic mass is 9.93. The number of nitrogen functional groups attached to an aromatic ring is 1. The van der Waals surface area contributed by atoms with Crippen LogP contribution in [0.2, 0.25) is 0 Å². The summed E-state index contributed by atoms with van der Waals surface area (Å²) in [7, 11) is 0. The second kappa shape index (κ2) is 4.10. The van der Waals surface area contributed by atoms with Gasteiger partial charge in [0.25, 0.3) is 0 Å². The van der Waals surface area contributed by atoms with Crippen molar-refractivity contribution in [2.45, 2.75) is 44.6 Å². The summed E-state index contributed by atoms with van der Waals surface area (Å²) in [6.07, 6.45) is 6.82. The predicted octanol–water partition coefficient (Wildman–Crippen LogP) is 2.51. The van der Waals surface area contributed by atoms with E-state index in [1.54, 1.807) is 6.20 Å². The van der Waals surface area contributed by atoms with E-state index in [0.29, 0.717) is 5.13 Å². The molecule has 0 amide bonds. The minimum atomic E-state index is -0.667. The monoisotopic (exact) mass is 226 g/mol.